The zero-order valence-corrected chi connectivity index (χ0v) is 20.8. The van der Waals surface area contributed by atoms with Crippen molar-refractivity contribution in [2.45, 2.75) is 32.9 Å². The molecular weight excluding hydrogens is 449 g/mol. The van der Waals surface area contributed by atoms with Gasteiger partial charge in [0.25, 0.3) is 0 Å². The largest absolute Gasteiger partial charge is 0.369 e. The van der Waals surface area contributed by atoms with Gasteiger partial charge in [-0.3, -0.25) is 0 Å². The van der Waals surface area contributed by atoms with Gasteiger partial charge in [0.2, 0.25) is 0 Å². The summed E-state index contributed by atoms with van der Waals surface area (Å²) in [6, 6.07) is 13.4. The fourth-order valence-corrected chi connectivity index (χ4v) is 4.78. The molecule has 3 N–H and O–H groups in total. The van der Waals surface area contributed by atoms with Crippen molar-refractivity contribution in [2.75, 3.05) is 12.4 Å². The van der Waals surface area contributed by atoms with Crippen LogP contribution in [0.2, 0.25) is 0 Å². The first-order valence-corrected chi connectivity index (χ1v) is 11.9. The second-order valence-electron chi connectivity index (χ2n) is 9.00. The minimum atomic E-state index is -0.506. The number of rotatable bonds is 6. The molecule has 1 atom stereocenters. The Kier molecular flexibility index (Phi) is 6.17. The molecule has 0 aliphatic carbocycles. The van der Waals surface area contributed by atoms with Gasteiger partial charge in [0.15, 0.2) is 5.65 Å². The molecule has 1 aliphatic heterocycles. The Morgan fingerprint density at radius 2 is 2.06 bits per heavy atom. The van der Waals surface area contributed by atoms with Crippen LogP contribution in [0, 0.1) is 17.7 Å². The van der Waals surface area contributed by atoms with Gasteiger partial charge in [-0.15, -0.1) is 5.92 Å². The van der Waals surface area contributed by atoms with Crippen LogP contribution in [0.5, 0.6) is 0 Å². The molecule has 180 valence electrons. The van der Waals surface area contributed by atoms with Gasteiger partial charge < -0.3 is 15.6 Å². The molecule has 1 aliphatic rings. The summed E-state index contributed by atoms with van der Waals surface area (Å²) in [7, 11) is 1.85. The third-order valence-corrected chi connectivity index (χ3v) is 6.59. The van der Waals surface area contributed by atoms with E-state index >= 15 is 0 Å². The molecule has 6 heteroatoms. The second kappa shape index (κ2) is 9.44. The molecule has 5 rings (SSSR count). The van der Waals surface area contributed by atoms with Gasteiger partial charge in [-0.2, -0.15) is 0 Å². The third kappa shape index (κ3) is 4.08. The van der Waals surface area contributed by atoms with E-state index in [0.717, 1.165) is 50.4 Å². The summed E-state index contributed by atoms with van der Waals surface area (Å²) in [5.74, 6) is 6.37. The van der Waals surface area contributed by atoms with Crippen LogP contribution in [0.25, 0.3) is 27.9 Å². The molecular formula is C30H28FN5. The molecule has 0 spiro atoms. The third-order valence-electron chi connectivity index (χ3n) is 6.59. The van der Waals surface area contributed by atoms with Crippen LogP contribution >= 0.6 is 0 Å². The predicted octanol–water partition coefficient (Wildman–Crippen LogP) is 6.16. The molecule has 2 aromatic carbocycles. The maximum Gasteiger partial charge on any atom is 0.178 e. The zero-order valence-electron chi connectivity index (χ0n) is 20.8. The number of hydrogen-bond donors (Lipinski definition) is 3. The maximum absolute atomic E-state index is 14.4. The lowest BCUT2D eigenvalue weighted by molar-refractivity contribution is 0.575. The van der Waals surface area contributed by atoms with E-state index in [1.165, 1.54) is 0 Å². The van der Waals surface area contributed by atoms with E-state index in [-0.39, 0.29) is 5.82 Å². The summed E-state index contributed by atoms with van der Waals surface area (Å²) in [6.45, 7) is 6.54. The van der Waals surface area contributed by atoms with Crippen molar-refractivity contribution in [1.82, 2.24) is 20.3 Å². The molecule has 3 heterocycles. The Morgan fingerprint density at radius 1 is 1.19 bits per heavy atom. The van der Waals surface area contributed by atoms with Gasteiger partial charge >= 0.3 is 0 Å². The minimum Gasteiger partial charge on any atom is -0.369 e. The van der Waals surface area contributed by atoms with Crippen molar-refractivity contribution in [2.24, 2.45) is 0 Å². The van der Waals surface area contributed by atoms with Crippen LogP contribution in [0.3, 0.4) is 0 Å². The van der Waals surface area contributed by atoms with Gasteiger partial charge in [-0.05, 0) is 98.6 Å². The molecule has 4 aromatic rings. The lowest BCUT2D eigenvalue weighted by atomic mass is 9.80. The first-order valence-electron chi connectivity index (χ1n) is 11.9. The van der Waals surface area contributed by atoms with Gasteiger partial charge in [-0.1, -0.05) is 18.1 Å². The number of pyridine rings is 1. The average molecular weight is 478 g/mol. The molecule has 0 amide bonds. The van der Waals surface area contributed by atoms with Crippen molar-refractivity contribution in [3.05, 3.63) is 95.2 Å². The molecule has 36 heavy (non-hydrogen) atoms. The number of H-pyrrole nitrogens is 1. The van der Waals surface area contributed by atoms with Crippen molar-refractivity contribution in [3.63, 3.8) is 0 Å². The normalized spacial score (nSPS) is 16.9. The Bertz CT molecular complexity index is 1580. The lowest BCUT2D eigenvalue weighted by Gasteiger charge is -2.42. The number of allylic oxidation sites excluding steroid dienone is 4. The molecule has 5 nitrogen and oxygen atoms in total. The number of imidazole rings is 1. The van der Waals surface area contributed by atoms with E-state index < -0.39 is 5.54 Å². The smallest absolute Gasteiger partial charge is 0.178 e. The molecule has 2 aromatic heterocycles. The molecule has 0 bridgehead atoms. The van der Waals surface area contributed by atoms with Crippen LogP contribution in [-0.2, 0) is 12.1 Å². The van der Waals surface area contributed by atoms with Crippen molar-refractivity contribution in [1.29, 1.82) is 0 Å². The van der Waals surface area contributed by atoms with Crippen molar-refractivity contribution < 1.29 is 4.39 Å². The highest BCUT2D eigenvalue weighted by atomic mass is 19.1. The fourth-order valence-electron chi connectivity index (χ4n) is 4.78. The lowest BCUT2D eigenvalue weighted by Crippen LogP contribution is -2.43. The van der Waals surface area contributed by atoms with Gasteiger partial charge in [0, 0.05) is 29.6 Å². The van der Waals surface area contributed by atoms with E-state index in [1.54, 1.807) is 18.3 Å². The Morgan fingerprint density at radius 3 is 2.83 bits per heavy atom. The van der Waals surface area contributed by atoms with Crippen LogP contribution in [0.15, 0.2) is 66.9 Å². The number of aromatic amines is 1. The zero-order chi connectivity index (χ0) is 25.3. The maximum atomic E-state index is 14.4. The minimum absolute atomic E-state index is 0.268. The SMILES string of the molecule is CC#C/C=C\C(=C/C)c1ccc2c(c1)C(C)(c1nc3nccc(-c4cc(F)cc(CNC)c4)c3[nH]1)N2. The number of fused-ring (bicyclic) bond motifs is 2. The second-order valence-corrected chi connectivity index (χ2v) is 9.00. The van der Waals surface area contributed by atoms with Crippen LogP contribution in [-0.4, -0.2) is 22.0 Å². The topological polar surface area (TPSA) is 65.6 Å². The summed E-state index contributed by atoms with van der Waals surface area (Å²) in [6.07, 6.45) is 7.70. The first kappa shape index (κ1) is 23.5. The highest BCUT2D eigenvalue weighted by Crippen LogP contribution is 2.46. The standard InChI is InChI=1S/C30H28FN5/c1-5-7-8-9-20(6-2)21-10-11-26-25(17-21)30(3,36-26)29-34-27-24(12-13-33-28(27)35-29)22-14-19(18-32-4)15-23(31)16-22/h6,8-17,32,36H,18H2,1-4H3,(H,33,34,35)/b9-8-,20-6+. The molecule has 0 fully saturated rings. The van der Waals surface area contributed by atoms with Gasteiger partial charge in [0.05, 0.1) is 5.52 Å². The number of aromatic nitrogens is 3. The summed E-state index contributed by atoms with van der Waals surface area (Å²) in [5.41, 5.74) is 7.86. The monoisotopic (exact) mass is 477 g/mol. The van der Waals surface area contributed by atoms with Crippen LogP contribution < -0.4 is 10.6 Å². The summed E-state index contributed by atoms with van der Waals surface area (Å²) >= 11 is 0. The number of nitrogens with zero attached hydrogens (tertiary/aromatic N) is 2. The number of nitrogens with one attached hydrogen (secondary N) is 3. The van der Waals surface area contributed by atoms with Crippen LogP contribution in [0.4, 0.5) is 10.1 Å². The fraction of sp³-hybridized carbons (Fsp3) is 0.200. The van der Waals surface area contributed by atoms with Crippen molar-refractivity contribution >= 4 is 22.4 Å². The first-order chi connectivity index (χ1) is 17.5. The summed E-state index contributed by atoms with van der Waals surface area (Å²) in [5, 5.41) is 6.64. The van der Waals surface area contributed by atoms with Crippen molar-refractivity contribution in [3.8, 4) is 23.0 Å². The van der Waals surface area contributed by atoms with Gasteiger partial charge in [-0.25, -0.2) is 14.4 Å². The average Bonchev–Trinajstić information content (AvgIpc) is 3.31. The highest BCUT2D eigenvalue weighted by Gasteiger charge is 2.42. The number of halogens is 1. The Labute approximate surface area is 210 Å². The van der Waals surface area contributed by atoms with E-state index in [1.807, 2.05) is 45.2 Å². The highest BCUT2D eigenvalue weighted by molar-refractivity contribution is 5.90. The molecule has 1 unspecified atom stereocenters. The van der Waals surface area contributed by atoms with E-state index in [2.05, 4.69) is 63.6 Å². The number of anilines is 1. The summed E-state index contributed by atoms with van der Waals surface area (Å²) in [4.78, 5) is 12.8. The number of benzene rings is 2. The molecule has 0 saturated carbocycles. The van der Waals surface area contributed by atoms with Crippen LogP contribution in [0.1, 0.15) is 43.3 Å². The van der Waals surface area contributed by atoms with Gasteiger partial charge in [0.1, 0.15) is 17.2 Å². The molecule has 0 radical (unpaired) electrons. The molecule has 0 saturated heterocycles. The Balaban J connectivity index is 1.56. The summed E-state index contributed by atoms with van der Waals surface area (Å²) < 4.78 is 14.4. The quantitative estimate of drug-likeness (QED) is 0.230. The number of hydrogen-bond acceptors (Lipinski definition) is 4. The van der Waals surface area contributed by atoms with E-state index in [9.17, 15) is 4.39 Å². The Hall–Kier alpha value is -4.21. The van der Waals surface area contributed by atoms with E-state index in [0.29, 0.717) is 12.2 Å². The predicted molar refractivity (Wildman–Crippen MR) is 145 cm³/mol. The van der Waals surface area contributed by atoms with E-state index in [4.69, 9.17) is 4.98 Å².